The summed E-state index contributed by atoms with van der Waals surface area (Å²) in [5.41, 5.74) is -0.690. The van der Waals surface area contributed by atoms with Gasteiger partial charge < -0.3 is 9.47 Å². The zero-order valence-corrected chi connectivity index (χ0v) is 14.7. The molecular formula is C18H21NO6. The minimum Gasteiger partial charge on any atom is -0.483 e. The number of benzene rings is 1. The van der Waals surface area contributed by atoms with Gasteiger partial charge in [-0.05, 0) is 32.8 Å². The highest BCUT2D eigenvalue weighted by Gasteiger charge is 2.40. The highest BCUT2D eigenvalue weighted by Crippen LogP contribution is 2.34. The van der Waals surface area contributed by atoms with Crippen molar-refractivity contribution in [2.75, 3.05) is 0 Å². The van der Waals surface area contributed by atoms with E-state index in [4.69, 9.17) is 9.47 Å². The molecule has 0 fully saturated rings. The first kappa shape index (κ1) is 18.6. The van der Waals surface area contributed by atoms with Crippen LogP contribution in [0.3, 0.4) is 0 Å². The van der Waals surface area contributed by atoms with E-state index in [2.05, 4.69) is 0 Å². The Hall–Kier alpha value is -2.70. The van der Waals surface area contributed by atoms with Crippen LogP contribution in [0.15, 0.2) is 29.7 Å². The molecule has 0 N–H and O–H groups in total. The molecule has 0 radical (unpaired) electrons. The number of fused-ring (bicyclic) bond motifs is 1. The lowest BCUT2D eigenvalue weighted by molar-refractivity contribution is -0.385. The van der Waals surface area contributed by atoms with Crippen molar-refractivity contribution in [1.82, 2.24) is 0 Å². The second-order valence-electron chi connectivity index (χ2n) is 5.95. The number of nitro benzene ring substituents is 1. The Bertz CT molecular complexity index is 752. The van der Waals surface area contributed by atoms with Gasteiger partial charge in [0.05, 0.1) is 17.1 Å². The fourth-order valence-corrected chi connectivity index (χ4v) is 2.35. The smallest absolute Gasteiger partial charge is 0.281 e. The van der Waals surface area contributed by atoms with Crippen molar-refractivity contribution in [3.05, 3.63) is 51.0 Å². The molecule has 0 aliphatic heterocycles. The van der Waals surface area contributed by atoms with Crippen LogP contribution < -0.4 is 0 Å². The van der Waals surface area contributed by atoms with E-state index in [1.165, 1.54) is 18.2 Å². The second-order valence-corrected chi connectivity index (χ2v) is 5.95. The fourth-order valence-electron chi connectivity index (χ4n) is 2.35. The minimum atomic E-state index is -0.694. The number of carbonyl (C=O) groups excluding carboxylic acids is 2. The molecule has 0 saturated heterocycles. The lowest BCUT2D eigenvalue weighted by Crippen LogP contribution is -2.29. The maximum atomic E-state index is 12.9. The zero-order chi connectivity index (χ0) is 18.7. The van der Waals surface area contributed by atoms with E-state index >= 15 is 0 Å². The molecule has 1 aromatic rings. The maximum absolute atomic E-state index is 12.9. The number of ether oxygens (including phenoxy) is 2. The molecule has 0 spiro atoms. The summed E-state index contributed by atoms with van der Waals surface area (Å²) < 4.78 is 11.3. The number of Topliss-reactive ketones (excluding diaryl/α,β-unsaturated/α-hetero) is 2. The summed E-state index contributed by atoms with van der Waals surface area (Å²) in [4.78, 5) is 36.3. The molecule has 1 aliphatic rings. The second kappa shape index (κ2) is 7.46. The third kappa shape index (κ3) is 3.55. The highest BCUT2D eigenvalue weighted by atomic mass is 16.6. The molecule has 1 aliphatic carbocycles. The zero-order valence-electron chi connectivity index (χ0n) is 14.7. The largest absolute Gasteiger partial charge is 0.483 e. The molecule has 0 saturated carbocycles. The molecule has 2 rings (SSSR count). The van der Waals surface area contributed by atoms with Gasteiger partial charge in [-0.3, -0.25) is 19.7 Å². The Kier molecular flexibility index (Phi) is 5.56. The average molecular weight is 347 g/mol. The molecule has 2 unspecified atom stereocenters. The van der Waals surface area contributed by atoms with E-state index < -0.39 is 22.2 Å². The van der Waals surface area contributed by atoms with Crippen LogP contribution in [-0.2, 0) is 9.47 Å². The molecule has 2 atom stereocenters. The quantitative estimate of drug-likeness (QED) is 0.549. The summed E-state index contributed by atoms with van der Waals surface area (Å²) in [5.74, 6) is -1.69. The summed E-state index contributed by atoms with van der Waals surface area (Å²) in [6, 6.07) is 3.97. The van der Waals surface area contributed by atoms with Crippen LogP contribution in [0, 0.1) is 10.1 Å². The third-order valence-electron chi connectivity index (χ3n) is 4.12. The Morgan fingerprint density at radius 1 is 1.00 bits per heavy atom. The van der Waals surface area contributed by atoms with Crippen molar-refractivity contribution in [1.29, 1.82) is 0 Å². The molecule has 0 heterocycles. The van der Waals surface area contributed by atoms with Crippen molar-refractivity contribution in [2.45, 2.75) is 52.7 Å². The molecule has 7 heteroatoms. The lowest BCUT2D eigenvalue weighted by atomic mass is 9.90. The summed E-state index contributed by atoms with van der Waals surface area (Å²) in [5, 5.41) is 11.3. The van der Waals surface area contributed by atoms with Crippen LogP contribution >= 0.6 is 0 Å². The van der Waals surface area contributed by atoms with E-state index in [1.54, 1.807) is 13.8 Å². The van der Waals surface area contributed by atoms with Gasteiger partial charge in [-0.25, -0.2) is 0 Å². The van der Waals surface area contributed by atoms with Crippen LogP contribution in [0.25, 0.3) is 0 Å². The Labute approximate surface area is 145 Å². The highest BCUT2D eigenvalue weighted by molar-refractivity contribution is 6.26. The van der Waals surface area contributed by atoms with Crippen molar-refractivity contribution in [2.24, 2.45) is 0 Å². The van der Waals surface area contributed by atoms with Gasteiger partial charge in [-0.1, -0.05) is 19.9 Å². The lowest BCUT2D eigenvalue weighted by Gasteiger charge is -2.25. The predicted molar refractivity (Wildman–Crippen MR) is 90.5 cm³/mol. The van der Waals surface area contributed by atoms with Gasteiger partial charge >= 0.3 is 0 Å². The van der Waals surface area contributed by atoms with Gasteiger partial charge in [0.15, 0.2) is 0 Å². The predicted octanol–water partition coefficient (Wildman–Crippen LogP) is 3.82. The van der Waals surface area contributed by atoms with Crippen LogP contribution in [0.4, 0.5) is 5.69 Å². The first-order chi connectivity index (χ1) is 11.8. The van der Waals surface area contributed by atoms with Crippen molar-refractivity contribution < 1.29 is 24.0 Å². The van der Waals surface area contributed by atoms with Gasteiger partial charge in [0.1, 0.15) is 5.56 Å². The summed E-state index contributed by atoms with van der Waals surface area (Å²) in [6.45, 7) is 7.27. The van der Waals surface area contributed by atoms with Crippen LogP contribution in [0.1, 0.15) is 61.3 Å². The third-order valence-corrected chi connectivity index (χ3v) is 4.12. The number of hydrogen-bond donors (Lipinski definition) is 0. The molecular weight excluding hydrogens is 326 g/mol. The van der Waals surface area contributed by atoms with Crippen LogP contribution in [0.5, 0.6) is 0 Å². The molecule has 7 nitrogen and oxygen atoms in total. The number of nitrogens with zero attached hydrogens (tertiary/aromatic N) is 1. The van der Waals surface area contributed by atoms with E-state index in [9.17, 15) is 19.7 Å². The SMILES string of the molecule is CCC(C)OC1=C(OC(C)CC)C(=O)c2c(cccc2[N+](=O)[O-])C1=O. The van der Waals surface area contributed by atoms with E-state index in [-0.39, 0.29) is 34.9 Å². The topological polar surface area (TPSA) is 95.7 Å². The minimum absolute atomic E-state index is 0.0333. The van der Waals surface area contributed by atoms with Crippen LogP contribution in [0.2, 0.25) is 0 Å². The van der Waals surface area contributed by atoms with Gasteiger partial charge in [0.2, 0.25) is 23.1 Å². The van der Waals surface area contributed by atoms with E-state index in [0.717, 1.165) is 0 Å². The molecule has 1 aromatic carbocycles. The molecule has 25 heavy (non-hydrogen) atoms. The Morgan fingerprint density at radius 2 is 1.52 bits per heavy atom. The van der Waals surface area contributed by atoms with Gasteiger partial charge in [0, 0.05) is 11.6 Å². The summed E-state index contributed by atoms with van der Waals surface area (Å²) >= 11 is 0. The normalized spacial score (nSPS) is 16.3. The Morgan fingerprint density at radius 3 is 2.00 bits per heavy atom. The van der Waals surface area contributed by atoms with E-state index in [1.807, 2.05) is 13.8 Å². The van der Waals surface area contributed by atoms with Crippen molar-refractivity contribution in [3.8, 4) is 0 Å². The monoisotopic (exact) mass is 347 g/mol. The first-order valence-corrected chi connectivity index (χ1v) is 8.26. The number of hydrogen-bond acceptors (Lipinski definition) is 6. The van der Waals surface area contributed by atoms with E-state index in [0.29, 0.717) is 12.8 Å². The molecule has 0 aromatic heterocycles. The number of nitro groups is 1. The number of ketones is 2. The molecule has 0 amide bonds. The van der Waals surface area contributed by atoms with Gasteiger partial charge in [0.25, 0.3) is 5.69 Å². The summed E-state index contributed by atoms with van der Waals surface area (Å²) in [7, 11) is 0. The van der Waals surface area contributed by atoms with Gasteiger partial charge in [-0.15, -0.1) is 0 Å². The maximum Gasteiger partial charge on any atom is 0.281 e. The molecule has 134 valence electrons. The van der Waals surface area contributed by atoms with Crippen LogP contribution in [-0.4, -0.2) is 28.7 Å². The fraction of sp³-hybridized carbons (Fsp3) is 0.444. The number of allylic oxidation sites excluding steroid dienone is 2. The van der Waals surface area contributed by atoms with Crippen molar-refractivity contribution in [3.63, 3.8) is 0 Å². The number of carbonyl (C=O) groups is 2. The first-order valence-electron chi connectivity index (χ1n) is 8.26. The average Bonchev–Trinajstić information content (AvgIpc) is 2.61. The Balaban J connectivity index is 2.64. The van der Waals surface area contributed by atoms with Gasteiger partial charge in [-0.2, -0.15) is 0 Å². The number of rotatable bonds is 7. The molecule has 0 bridgehead atoms. The summed E-state index contributed by atoms with van der Waals surface area (Å²) in [6.07, 6.45) is 0.587. The standard InChI is InChI=1S/C18H21NO6/c1-5-10(3)24-17-15(20)12-8-7-9-13(19(22)23)14(12)16(21)18(17)25-11(4)6-2/h7-11H,5-6H2,1-4H3. The van der Waals surface area contributed by atoms with Crippen molar-refractivity contribution >= 4 is 17.3 Å².